The molecule has 8 heteroatoms. The molecule has 1 N–H and O–H groups in total. The van der Waals surface area contributed by atoms with Crippen LogP contribution in [0.1, 0.15) is 24.9 Å². The molecule has 0 aliphatic rings. The Morgan fingerprint density at radius 1 is 1.26 bits per heavy atom. The first-order valence-electron chi connectivity index (χ1n) is 6.92. The van der Waals surface area contributed by atoms with Crippen molar-refractivity contribution in [1.82, 2.24) is 5.32 Å². The molecule has 0 bridgehead atoms. The molecule has 0 saturated heterocycles. The highest BCUT2D eigenvalue weighted by Crippen LogP contribution is 2.21. The zero-order chi connectivity index (χ0) is 17.6. The summed E-state index contributed by atoms with van der Waals surface area (Å²) in [6, 6.07) is 6.57. The lowest BCUT2D eigenvalue weighted by Crippen LogP contribution is -2.36. The molecule has 2 atom stereocenters. The van der Waals surface area contributed by atoms with Crippen LogP contribution in [-0.4, -0.2) is 39.4 Å². The van der Waals surface area contributed by atoms with Gasteiger partial charge in [-0.15, -0.1) is 0 Å². The zero-order valence-electron chi connectivity index (χ0n) is 13.2. The fourth-order valence-corrected chi connectivity index (χ4v) is 3.37. The Morgan fingerprint density at radius 2 is 1.83 bits per heavy atom. The Kier molecular flexibility index (Phi) is 7.21. The average Bonchev–Trinajstić information content (AvgIpc) is 2.45. The molecular formula is C15H20BrNO5S. The summed E-state index contributed by atoms with van der Waals surface area (Å²) in [6.45, 7) is 1.53. The van der Waals surface area contributed by atoms with Gasteiger partial charge in [0, 0.05) is 16.6 Å². The van der Waals surface area contributed by atoms with E-state index in [0.29, 0.717) is 0 Å². The third kappa shape index (κ3) is 7.13. The van der Waals surface area contributed by atoms with Crippen LogP contribution in [0.5, 0.6) is 0 Å². The maximum Gasteiger partial charge on any atom is 0.307 e. The van der Waals surface area contributed by atoms with E-state index in [1.54, 1.807) is 24.3 Å². The van der Waals surface area contributed by atoms with Gasteiger partial charge in [-0.3, -0.25) is 9.59 Å². The van der Waals surface area contributed by atoms with Gasteiger partial charge in [0.15, 0.2) is 0 Å². The molecule has 0 spiro atoms. The van der Waals surface area contributed by atoms with E-state index in [-0.39, 0.29) is 12.2 Å². The minimum Gasteiger partial charge on any atom is -0.469 e. The Morgan fingerprint density at radius 3 is 2.30 bits per heavy atom. The van der Waals surface area contributed by atoms with E-state index in [1.165, 1.54) is 14.0 Å². The number of esters is 1. The number of carbonyl (C=O) groups excluding carboxylic acids is 2. The van der Waals surface area contributed by atoms with Crippen molar-refractivity contribution in [1.29, 1.82) is 0 Å². The number of methoxy groups -OCH3 is 1. The molecule has 0 aliphatic heterocycles. The predicted molar refractivity (Wildman–Crippen MR) is 90.5 cm³/mol. The second-order valence-corrected chi connectivity index (χ2v) is 8.49. The molecule has 23 heavy (non-hydrogen) atoms. The maximum absolute atomic E-state index is 12.2. The van der Waals surface area contributed by atoms with Crippen LogP contribution in [0.3, 0.4) is 0 Å². The Labute approximate surface area is 144 Å². The molecular weight excluding hydrogens is 386 g/mol. The predicted octanol–water partition coefficient (Wildman–Crippen LogP) is 1.85. The lowest BCUT2D eigenvalue weighted by atomic mass is 10.0. The average molecular weight is 406 g/mol. The summed E-state index contributed by atoms with van der Waals surface area (Å²) in [5, 5.41) is 2.72. The van der Waals surface area contributed by atoms with Crippen molar-refractivity contribution in [3.8, 4) is 0 Å². The SMILES string of the molecule is COC(=O)C[C@H](NC(=O)[C@@H](C)CS(C)(=O)=O)c1ccc(Br)cc1. The van der Waals surface area contributed by atoms with E-state index < -0.39 is 33.7 Å². The molecule has 0 radical (unpaired) electrons. The summed E-state index contributed by atoms with van der Waals surface area (Å²) in [4.78, 5) is 23.8. The number of halogens is 1. The second kappa shape index (κ2) is 8.44. The van der Waals surface area contributed by atoms with Crippen molar-refractivity contribution in [3.05, 3.63) is 34.3 Å². The van der Waals surface area contributed by atoms with E-state index in [9.17, 15) is 18.0 Å². The molecule has 1 aromatic carbocycles. The molecule has 0 unspecified atom stereocenters. The third-order valence-corrected chi connectivity index (χ3v) is 4.82. The zero-order valence-corrected chi connectivity index (χ0v) is 15.6. The first-order valence-corrected chi connectivity index (χ1v) is 9.78. The van der Waals surface area contributed by atoms with Gasteiger partial charge in [-0.25, -0.2) is 8.42 Å². The van der Waals surface area contributed by atoms with Gasteiger partial charge < -0.3 is 10.1 Å². The molecule has 0 fully saturated rings. The first kappa shape index (κ1) is 19.6. The van der Waals surface area contributed by atoms with E-state index in [4.69, 9.17) is 0 Å². The molecule has 1 amide bonds. The van der Waals surface area contributed by atoms with Crippen LogP contribution >= 0.6 is 15.9 Å². The standard InChI is InChI=1S/C15H20BrNO5S/c1-10(9-23(3,20)21)15(19)17-13(8-14(18)22-2)11-4-6-12(16)7-5-11/h4-7,10,13H,8-9H2,1-3H3,(H,17,19)/t10-,13-/m0/s1. The van der Waals surface area contributed by atoms with Crippen molar-refractivity contribution < 1.29 is 22.7 Å². The molecule has 0 heterocycles. The summed E-state index contributed by atoms with van der Waals surface area (Å²) in [6.07, 6.45) is 1.05. The van der Waals surface area contributed by atoms with E-state index in [0.717, 1.165) is 16.3 Å². The van der Waals surface area contributed by atoms with Crippen LogP contribution in [0.15, 0.2) is 28.7 Å². The van der Waals surface area contributed by atoms with Gasteiger partial charge >= 0.3 is 5.97 Å². The summed E-state index contributed by atoms with van der Waals surface area (Å²) >= 11 is 3.32. The van der Waals surface area contributed by atoms with E-state index in [2.05, 4.69) is 26.0 Å². The van der Waals surface area contributed by atoms with Crippen molar-refractivity contribution in [2.75, 3.05) is 19.1 Å². The van der Waals surface area contributed by atoms with E-state index in [1.807, 2.05) is 0 Å². The number of sulfone groups is 1. The number of amides is 1. The smallest absolute Gasteiger partial charge is 0.307 e. The highest BCUT2D eigenvalue weighted by Gasteiger charge is 2.24. The number of hydrogen-bond acceptors (Lipinski definition) is 5. The van der Waals surface area contributed by atoms with Gasteiger partial charge in [0.1, 0.15) is 9.84 Å². The number of nitrogens with one attached hydrogen (secondary N) is 1. The van der Waals surface area contributed by atoms with Gasteiger partial charge in [0.05, 0.1) is 25.3 Å². The van der Waals surface area contributed by atoms with Crippen LogP contribution in [0.4, 0.5) is 0 Å². The number of benzene rings is 1. The molecule has 6 nitrogen and oxygen atoms in total. The van der Waals surface area contributed by atoms with Crippen LogP contribution in [0, 0.1) is 5.92 Å². The fourth-order valence-electron chi connectivity index (χ4n) is 2.04. The van der Waals surface area contributed by atoms with Crippen LogP contribution in [0.25, 0.3) is 0 Å². The van der Waals surface area contributed by atoms with Gasteiger partial charge in [-0.2, -0.15) is 0 Å². The number of carbonyl (C=O) groups is 2. The lowest BCUT2D eigenvalue weighted by Gasteiger charge is -2.20. The quantitative estimate of drug-likeness (QED) is 0.699. The van der Waals surface area contributed by atoms with Crippen molar-refractivity contribution in [2.24, 2.45) is 5.92 Å². The molecule has 0 aliphatic carbocycles. The number of ether oxygens (including phenoxy) is 1. The molecule has 0 aromatic heterocycles. The summed E-state index contributed by atoms with van der Waals surface area (Å²) in [5.41, 5.74) is 0.735. The van der Waals surface area contributed by atoms with E-state index >= 15 is 0 Å². The van der Waals surface area contributed by atoms with Crippen molar-refractivity contribution >= 4 is 37.6 Å². The fraction of sp³-hybridized carbons (Fsp3) is 0.467. The summed E-state index contributed by atoms with van der Waals surface area (Å²) < 4.78 is 28.1. The largest absolute Gasteiger partial charge is 0.469 e. The van der Waals surface area contributed by atoms with Crippen molar-refractivity contribution in [3.63, 3.8) is 0 Å². The van der Waals surface area contributed by atoms with Gasteiger partial charge in [0.25, 0.3) is 0 Å². The molecule has 0 saturated carbocycles. The number of hydrogen-bond donors (Lipinski definition) is 1. The normalized spacial score (nSPS) is 13.9. The summed E-state index contributed by atoms with van der Waals surface area (Å²) in [5.74, 6) is -1.84. The molecule has 1 aromatic rings. The Balaban J connectivity index is 2.90. The highest BCUT2D eigenvalue weighted by molar-refractivity contribution is 9.10. The lowest BCUT2D eigenvalue weighted by molar-refractivity contribution is -0.141. The van der Waals surface area contributed by atoms with Crippen LogP contribution < -0.4 is 5.32 Å². The monoisotopic (exact) mass is 405 g/mol. The summed E-state index contributed by atoms with van der Waals surface area (Å²) in [7, 11) is -1.99. The van der Waals surface area contributed by atoms with Gasteiger partial charge in [0.2, 0.25) is 5.91 Å². The minimum atomic E-state index is -3.26. The Hall–Kier alpha value is -1.41. The first-order chi connectivity index (χ1) is 10.6. The third-order valence-electron chi connectivity index (χ3n) is 3.19. The highest BCUT2D eigenvalue weighted by atomic mass is 79.9. The maximum atomic E-state index is 12.2. The minimum absolute atomic E-state index is 0.0323. The molecule has 1 rings (SSSR count). The number of rotatable bonds is 7. The molecule has 128 valence electrons. The topological polar surface area (TPSA) is 89.5 Å². The van der Waals surface area contributed by atoms with Crippen LogP contribution in [0.2, 0.25) is 0 Å². The van der Waals surface area contributed by atoms with Gasteiger partial charge in [-0.1, -0.05) is 35.0 Å². The van der Waals surface area contributed by atoms with Crippen molar-refractivity contribution in [2.45, 2.75) is 19.4 Å². The Bertz CT molecular complexity index is 657. The van der Waals surface area contributed by atoms with Gasteiger partial charge in [-0.05, 0) is 17.7 Å². The van der Waals surface area contributed by atoms with Crippen LogP contribution in [-0.2, 0) is 24.2 Å². The second-order valence-electron chi connectivity index (χ2n) is 5.39.